The topological polar surface area (TPSA) is 100 Å². The van der Waals surface area contributed by atoms with Gasteiger partial charge in [-0.15, -0.1) is 0 Å². The summed E-state index contributed by atoms with van der Waals surface area (Å²) in [6, 6.07) is 16.3. The monoisotopic (exact) mass is 655 g/mol. The van der Waals surface area contributed by atoms with Gasteiger partial charge in [-0.2, -0.15) is 5.10 Å². The maximum absolute atomic E-state index is 13.0. The van der Waals surface area contributed by atoms with Gasteiger partial charge in [-0.1, -0.05) is 53.5 Å². The van der Waals surface area contributed by atoms with Crippen LogP contribution >= 0.6 is 55.1 Å². The first-order valence-corrected chi connectivity index (χ1v) is 12.9. The smallest absolute Gasteiger partial charge is 0.262 e. The lowest BCUT2D eigenvalue weighted by Gasteiger charge is -2.21. The number of carbonyl (C=O) groups excluding carboxylic acids is 2. The number of phenolic OH excluding ortho intramolecular Hbond substituents is 1. The van der Waals surface area contributed by atoms with E-state index in [0.29, 0.717) is 25.3 Å². The van der Waals surface area contributed by atoms with Crippen LogP contribution in [-0.2, 0) is 16.0 Å². The van der Waals surface area contributed by atoms with E-state index in [-0.39, 0.29) is 17.2 Å². The number of ether oxygens (including phenoxy) is 1. The van der Waals surface area contributed by atoms with Gasteiger partial charge in [0.25, 0.3) is 11.8 Å². The van der Waals surface area contributed by atoms with Crippen molar-refractivity contribution in [3.63, 3.8) is 0 Å². The molecule has 0 radical (unpaired) electrons. The molecule has 0 aliphatic carbocycles. The van der Waals surface area contributed by atoms with Crippen molar-refractivity contribution in [2.45, 2.75) is 25.5 Å². The van der Waals surface area contributed by atoms with Crippen LogP contribution in [0.4, 0.5) is 0 Å². The van der Waals surface area contributed by atoms with E-state index in [1.165, 1.54) is 12.3 Å². The minimum absolute atomic E-state index is 0.0537. The third-order valence-corrected chi connectivity index (χ3v) is 6.65. The van der Waals surface area contributed by atoms with Crippen LogP contribution in [0.15, 0.2) is 74.7 Å². The van der Waals surface area contributed by atoms with Gasteiger partial charge >= 0.3 is 0 Å². The number of nitrogens with zero attached hydrogens (tertiary/aromatic N) is 1. The molecule has 3 rings (SSSR count). The van der Waals surface area contributed by atoms with Crippen LogP contribution < -0.4 is 15.5 Å². The van der Waals surface area contributed by atoms with Crippen LogP contribution in [0.2, 0.25) is 10.0 Å². The third kappa shape index (κ3) is 7.96. The van der Waals surface area contributed by atoms with E-state index in [1.54, 1.807) is 31.2 Å². The number of carbonyl (C=O) groups is 2. The Kier molecular flexibility index (Phi) is 10.2. The van der Waals surface area contributed by atoms with Gasteiger partial charge in [-0.05, 0) is 80.2 Å². The average Bonchev–Trinajstić information content (AvgIpc) is 2.84. The van der Waals surface area contributed by atoms with Gasteiger partial charge in [-0.25, -0.2) is 5.43 Å². The molecule has 3 N–H and O–H groups in total. The summed E-state index contributed by atoms with van der Waals surface area (Å²) >= 11 is 18.5. The molecule has 0 aromatic heterocycles. The highest BCUT2D eigenvalue weighted by Crippen LogP contribution is 2.32. The molecule has 0 fully saturated rings. The first-order chi connectivity index (χ1) is 17.1. The van der Waals surface area contributed by atoms with Crippen LogP contribution in [0.5, 0.6) is 11.5 Å². The molecule has 3 aromatic carbocycles. The van der Waals surface area contributed by atoms with Crippen molar-refractivity contribution in [1.82, 2.24) is 10.7 Å². The number of rotatable bonds is 9. The Morgan fingerprint density at radius 2 is 1.72 bits per heavy atom. The summed E-state index contributed by atoms with van der Waals surface area (Å²) in [6.07, 6.45) is 0.714. The Bertz CT molecular complexity index is 1250. The van der Waals surface area contributed by atoms with Gasteiger partial charge in [0.05, 0.1) is 20.2 Å². The fourth-order valence-corrected chi connectivity index (χ4v) is 4.75. The largest absolute Gasteiger partial charge is 0.506 e. The summed E-state index contributed by atoms with van der Waals surface area (Å²) in [5.41, 5.74) is 3.93. The van der Waals surface area contributed by atoms with E-state index in [4.69, 9.17) is 27.9 Å². The Hall–Kier alpha value is -2.59. The van der Waals surface area contributed by atoms with Crippen molar-refractivity contribution in [2.75, 3.05) is 0 Å². The van der Waals surface area contributed by atoms with Gasteiger partial charge in [0.1, 0.15) is 17.5 Å². The van der Waals surface area contributed by atoms with Crippen LogP contribution in [-0.4, -0.2) is 35.3 Å². The number of aromatic hydroxyl groups is 1. The van der Waals surface area contributed by atoms with Crippen LogP contribution in [0.3, 0.4) is 0 Å². The van der Waals surface area contributed by atoms with Crippen molar-refractivity contribution in [3.05, 3.63) is 90.8 Å². The molecule has 0 unspecified atom stereocenters. The molecule has 2 amide bonds. The molecule has 2 atom stereocenters. The molecule has 36 heavy (non-hydrogen) atoms. The van der Waals surface area contributed by atoms with Crippen molar-refractivity contribution in [1.29, 1.82) is 0 Å². The zero-order valence-corrected chi connectivity index (χ0v) is 23.5. The summed E-state index contributed by atoms with van der Waals surface area (Å²) in [5, 5.41) is 17.3. The predicted octanol–water partition coefficient (Wildman–Crippen LogP) is 5.87. The lowest BCUT2D eigenvalue weighted by Crippen LogP contribution is -2.50. The van der Waals surface area contributed by atoms with Crippen molar-refractivity contribution in [2.24, 2.45) is 5.10 Å². The fraction of sp³-hybridized carbons (Fsp3) is 0.160. The average molecular weight is 658 g/mol. The Morgan fingerprint density at radius 3 is 2.36 bits per heavy atom. The normalized spacial score (nSPS) is 12.7. The quantitative estimate of drug-likeness (QED) is 0.198. The van der Waals surface area contributed by atoms with Crippen LogP contribution in [0.1, 0.15) is 18.1 Å². The number of hydrogen-bond acceptors (Lipinski definition) is 5. The summed E-state index contributed by atoms with van der Waals surface area (Å²) in [5.74, 6) is -0.675. The third-order valence-electron chi connectivity index (χ3n) is 4.91. The first-order valence-electron chi connectivity index (χ1n) is 10.6. The van der Waals surface area contributed by atoms with Crippen LogP contribution in [0, 0.1) is 0 Å². The lowest BCUT2D eigenvalue weighted by atomic mass is 10.1. The predicted molar refractivity (Wildman–Crippen MR) is 148 cm³/mol. The molecule has 0 saturated heterocycles. The number of halogens is 4. The van der Waals surface area contributed by atoms with Gasteiger partial charge in [0, 0.05) is 11.4 Å². The number of benzene rings is 3. The number of hydrazone groups is 1. The van der Waals surface area contributed by atoms with E-state index in [1.807, 2.05) is 30.3 Å². The molecule has 0 aliphatic heterocycles. The van der Waals surface area contributed by atoms with E-state index in [2.05, 4.69) is 47.7 Å². The molecule has 11 heteroatoms. The van der Waals surface area contributed by atoms with Crippen molar-refractivity contribution < 1.29 is 19.4 Å². The highest BCUT2D eigenvalue weighted by atomic mass is 79.9. The Labute approximate surface area is 235 Å². The van der Waals surface area contributed by atoms with Crippen molar-refractivity contribution >= 4 is 73.1 Å². The molecular formula is C25H21Br2Cl2N3O4. The Morgan fingerprint density at radius 1 is 1.06 bits per heavy atom. The SMILES string of the molecule is C[C@H](Oc1ccc(Cl)cc1Cl)C(=O)N[C@H](Cc1ccccc1)C(=O)N/N=C\c1cc(Br)c(O)c(Br)c1. The zero-order chi connectivity index (χ0) is 26.2. The number of phenols is 1. The summed E-state index contributed by atoms with van der Waals surface area (Å²) < 4.78 is 6.60. The van der Waals surface area contributed by atoms with Crippen molar-refractivity contribution in [3.8, 4) is 11.5 Å². The molecule has 7 nitrogen and oxygen atoms in total. The molecule has 0 bridgehead atoms. The minimum atomic E-state index is -0.940. The second-order valence-electron chi connectivity index (χ2n) is 7.65. The molecule has 188 valence electrons. The maximum atomic E-state index is 13.0. The number of amides is 2. The summed E-state index contributed by atoms with van der Waals surface area (Å²) in [6.45, 7) is 1.55. The highest BCUT2D eigenvalue weighted by Gasteiger charge is 2.25. The van der Waals surface area contributed by atoms with E-state index in [0.717, 1.165) is 5.56 Å². The van der Waals surface area contributed by atoms with Gasteiger partial charge in [0.2, 0.25) is 0 Å². The first kappa shape index (κ1) is 28.0. The summed E-state index contributed by atoms with van der Waals surface area (Å²) in [7, 11) is 0. The van der Waals surface area contributed by atoms with E-state index in [9.17, 15) is 14.7 Å². The van der Waals surface area contributed by atoms with Gasteiger partial charge in [0.15, 0.2) is 6.10 Å². The standard InChI is InChI=1S/C25H21Br2Cl2N3O4/c1-14(36-22-8-7-17(28)12-20(22)29)24(34)31-21(11-15-5-3-2-4-6-15)25(35)32-30-13-16-9-18(26)23(33)19(27)10-16/h2-10,12-14,21,33H,11H2,1H3,(H,31,34)(H,32,35)/b30-13-/t14-,21+/m0/s1. The molecule has 0 saturated carbocycles. The maximum Gasteiger partial charge on any atom is 0.262 e. The Balaban J connectivity index is 1.71. The van der Waals surface area contributed by atoms with Gasteiger partial charge < -0.3 is 15.2 Å². The van der Waals surface area contributed by atoms with Crippen LogP contribution in [0.25, 0.3) is 0 Å². The number of hydrogen-bond donors (Lipinski definition) is 3. The zero-order valence-electron chi connectivity index (χ0n) is 18.8. The van der Waals surface area contributed by atoms with E-state index >= 15 is 0 Å². The molecule has 3 aromatic rings. The number of nitrogens with one attached hydrogen (secondary N) is 2. The fourth-order valence-electron chi connectivity index (χ4n) is 3.07. The summed E-state index contributed by atoms with van der Waals surface area (Å²) in [4.78, 5) is 25.8. The molecule has 0 spiro atoms. The second kappa shape index (κ2) is 13.1. The molecule has 0 aliphatic rings. The van der Waals surface area contributed by atoms with E-state index < -0.39 is 24.0 Å². The van der Waals surface area contributed by atoms with Gasteiger partial charge in [-0.3, -0.25) is 9.59 Å². The molecule has 0 heterocycles. The minimum Gasteiger partial charge on any atom is -0.506 e. The molecular weight excluding hydrogens is 637 g/mol. The highest BCUT2D eigenvalue weighted by molar-refractivity contribution is 9.11. The second-order valence-corrected chi connectivity index (χ2v) is 10.2. The lowest BCUT2D eigenvalue weighted by molar-refractivity contribution is -0.132.